The molecule has 2 bridgehead atoms. The van der Waals surface area contributed by atoms with Crippen molar-refractivity contribution >= 4 is 0 Å². The first kappa shape index (κ1) is 15.4. The minimum absolute atomic E-state index is 0.375. The summed E-state index contributed by atoms with van der Waals surface area (Å²) in [6, 6.07) is 30.6. The van der Waals surface area contributed by atoms with Crippen LogP contribution in [0.5, 0.6) is 0 Å². The second-order valence-electron chi connectivity index (χ2n) is 7.94. The Bertz CT molecular complexity index is 1040. The average Bonchev–Trinajstić information content (AvgIpc) is 3.25. The third kappa shape index (κ3) is 1.78. The van der Waals surface area contributed by atoms with Gasteiger partial charge < -0.3 is 4.74 Å². The fraction of sp³-hybridized carbons (Fsp3) is 0.231. The monoisotopic (exact) mass is 350 g/mol. The van der Waals surface area contributed by atoms with Gasteiger partial charge in [-0.1, -0.05) is 91.0 Å². The number of fused-ring (bicyclic) bond motifs is 8. The summed E-state index contributed by atoms with van der Waals surface area (Å²) in [5.74, 6) is 0.406. The van der Waals surface area contributed by atoms with Gasteiger partial charge in [0, 0.05) is 5.92 Å². The Labute approximate surface area is 160 Å². The standard InChI is InChI=1S/C26H22O/c1-3-11-19(12-4-1)25-21-15-7-9-17-23(21)26(27-25,20-13-5-2-6-14-20)24-18-10-8-16-22(24)25/h1-7,9,11-17,24H,8,10,18H2/t24-,25+,26-/m1/s1. The van der Waals surface area contributed by atoms with Crippen LogP contribution in [0.1, 0.15) is 41.5 Å². The van der Waals surface area contributed by atoms with Gasteiger partial charge in [-0.2, -0.15) is 0 Å². The molecule has 0 amide bonds. The first-order valence-electron chi connectivity index (χ1n) is 9.99. The van der Waals surface area contributed by atoms with E-state index in [1.807, 2.05) is 0 Å². The SMILES string of the molecule is C1=C2[C@@H](CCC1)[C@]1(c3ccccc3)O[C@@]2(c2ccccc2)c2ccccc21. The zero-order valence-electron chi connectivity index (χ0n) is 15.3. The minimum atomic E-state index is -0.446. The zero-order valence-corrected chi connectivity index (χ0v) is 15.3. The van der Waals surface area contributed by atoms with Crippen LogP contribution in [-0.4, -0.2) is 0 Å². The zero-order chi connectivity index (χ0) is 17.9. The maximum Gasteiger partial charge on any atom is 0.142 e. The molecule has 1 saturated heterocycles. The molecule has 0 N–H and O–H groups in total. The van der Waals surface area contributed by atoms with Gasteiger partial charge in [-0.05, 0) is 47.1 Å². The molecule has 27 heavy (non-hydrogen) atoms. The molecule has 0 radical (unpaired) electrons. The van der Waals surface area contributed by atoms with Gasteiger partial charge in [0.25, 0.3) is 0 Å². The lowest BCUT2D eigenvalue weighted by molar-refractivity contribution is -0.0481. The number of hydrogen-bond donors (Lipinski definition) is 0. The molecule has 3 aromatic carbocycles. The van der Waals surface area contributed by atoms with Crippen LogP contribution in [0.15, 0.2) is 96.6 Å². The second kappa shape index (κ2) is 5.43. The van der Waals surface area contributed by atoms with E-state index in [0.29, 0.717) is 5.92 Å². The van der Waals surface area contributed by atoms with Crippen LogP contribution in [0.2, 0.25) is 0 Å². The lowest BCUT2D eigenvalue weighted by Crippen LogP contribution is -2.36. The molecule has 1 aliphatic carbocycles. The number of hydrogen-bond acceptors (Lipinski definition) is 1. The van der Waals surface area contributed by atoms with E-state index in [9.17, 15) is 0 Å². The van der Waals surface area contributed by atoms with Crippen molar-refractivity contribution in [2.24, 2.45) is 5.92 Å². The van der Waals surface area contributed by atoms with Gasteiger partial charge in [0.05, 0.1) is 0 Å². The van der Waals surface area contributed by atoms with Gasteiger partial charge in [-0.25, -0.2) is 0 Å². The van der Waals surface area contributed by atoms with Crippen molar-refractivity contribution < 1.29 is 4.74 Å². The lowest BCUT2D eigenvalue weighted by atomic mass is 9.61. The van der Waals surface area contributed by atoms with E-state index in [-0.39, 0.29) is 5.60 Å². The van der Waals surface area contributed by atoms with Crippen molar-refractivity contribution in [3.8, 4) is 0 Å². The largest absolute Gasteiger partial charge is 0.345 e. The molecule has 1 fully saturated rings. The van der Waals surface area contributed by atoms with Gasteiger partial charge in [-0.3, -0.25) is 0 Å². The Morgan fingerprint density at radius 1 is 0.704 bits per heavy atom. The Hall–Kier alpha value is -2.64. The fourth-order valence-electron chi connectivity index (χ4n) is 5.78. The highest BCUT2D eigenvalue weighted by Gasteiger charge is 2.68. The Morgan fingerprint density at radius 3 is 2.07 bits per heavy atom. The quantitative estimate of drug-likeness (QED) is 0.519. The first-order valence-corrected chi connectivity index (χ1v) is 9.99. The summed E-state index contributed by atoms with van der Waals surface area (Å²) >= 11 is 0. The normalized spacial score (nSPS) is 30.5. The highest BCUT2D eigenvalue weighted by atomic mass is 16.5. The van der Waals surface area contributed by atoms with E-state index in [0.717, 1.165) is 6.42 Å². The summed E-state index contributed by atoms with van der Waals surface area (Å²) in [6.07, 6.45) is 6.04. The second-order valence-corrected chi connectivity index (χ2v) is 7.94. The van der Waals surface area contributed by atoms with Crippen molar-refractivity contribution in [3.63, 3.8) is 0 Å². The summed E-state index contributed by atoms with van der Waals surface area (Å²) < 4.78 is 7.27. The molecule has 6 rings (SSSR count). The van der Waals surface area contributed by atoms with Gasteiger partial charge in [-0.15, -0.1) is 0 Å². The first-order chi connectivity index (χ1) is 13.4. The molecular formula is C26H22O. The number of allylic oxidation sites excluding steroid dienone is 1. The number of ether oxygens (including phenoxy) is 1. The van der Waals surface area contributed by atoms with Crippen LogP contribution in [0.25, 0.3) is 0 Å². The minimum Gasteiger partial charge on any atom is -0.345 e. The molecule has 0 aromatic heterocycles. The van der Waals surface area contributed by atoms with E-state index in [1.165, 1.54) is 40.7 Å². The van der Waals surface area contributed by atoms with Crippen LogP contribution >= 0.6 is 0 Å². The summed E-state index contributed by atoms with van der Waals surface area (Å²) in [5.41, 5.74) is 5.87. The van der Waals surface area contributed by atoms with Crippen LogP contribution in [-0.2, 0) is 15.9 Å². The van der Waals surface area contributed by atoms with Crippen molar-refractivity contribution in [3.05, 3.63) is 119 Å². The van der Waals surface area contributed by atoms with Crippen LogP contribution in [0.3, 0.4) is 0 Å². The molecule has 2 heterocycles. The molecule has 132 valence electrons. The maximum absolute atomic E-state index is 7.27. The fourth-order valence-corrected chi connectivity index (χ4v) is 5.78. The van der Waals surface area contributed by atoms with E-state index in [2.05, 4.69) is 91.0 Å². The molecule has 0 saturated carbocycles. The third-order valence-electron chi connectivity index (χ3n) is 6.74. The van der Waals surface area contributed by atoms with Crippen LogP contribution in [0.4, 0.5) is 0 Å². The predicted octanol–water partition coefficient (Wildman–Crippen LogP) is 5.94. The third-order valence-corrected chi connectivity index (χ3v) is 6.74. The van der Waals surface area contributed by atoms with Crippen molar-refractivity contribution in [2.45, 2.75) is 30.5 Å². The van der Waals surface area contributed by atoms with E-state index >= 15 is 0 Å². The molecule has 1 heteroatoms. The Balaban J connectivity index is 1.73. The smallest absolute Gasteiger partial charge is 0.142 e. The van der Waals surface area contributed by atoms with Crippen LogP contribution in [0, 0.1) is 5.92 Å². The van der Waals surface area contributed by atoms with Gasteiger partial charge in [0.2, 0.25) is 0 Å². The molecule has 3 aromatic rings. The number of rotatable bonds is 2. The Morgan fingerprint density at radius 2 is 1.33 bits per heavy atom. The molecule has 3 atom stereocenters. The molecule has 0 spiro atoms. The van der Waals surface area contributed by atoms with Crippen molar-refractivity contribution in [1.82, 2.24) is 0 Å². The molecule has 0 unspecified atom stereocenters. The summed E-state index contributed by atoms with van der Waals surface area (Å²) in [5, 5.41) is 0. The Kier molecular flexibility index (Phi) is 3.10. The highest BCUT2D eigenvalue weighted by Crippen LogP contribution is 2.69. The molecule has 3 aliphatic rings. The topological polar surface area (TPSA) is 9.23 Å². The van der Waals surface area contributed by atoms with Gasteiger partial charge in [0.1, 0.15) is 11.2 Å². The molecule has 2 aliphatic heterocycles. The highest BCUT2D eigenvalue weighted by molar-refractivity contribution is 5.64. The predicted molar refractivity (Wildman–Crippen MR) is 107 cm³/mol. The van der Waals surface area contributed by atoms with Crippen molar-refractivity contribution in [2.75, 3.05) is 0 Å². The summed E-state index contributed by atoms with van der Waals surface area (Å²) in [4.78, 5) is 0. The molecule has 1 nitrogen and oxygen atoms in total. The molecular weight excluding hydrogens is 328 g/mol. The van der Waals surface area contributed by atoms with E-state index in [1.54, 1.807) is 0 Å². The van der Waals surface area contributed by atoms with Crippen molar-refractivity contribution in [1.29, 1.82) is 0 Å². The lowest BCUT2D eigenvalue weighted by Gasteiger charge is -2.39. The van der Waals surface area contributed by atoms with Gasteiger partial charge >= 0.3 is 0 Å². The van der Waals surface area contributed by atoms with E-state index in [4.69, 9.17) is 4.74 Å². The maximum atomic E-state index is 7.27. The number of benzene rings is 3. The average molecular weight is 350 g/mol. The van der Waals surface area contributed by atoms with Gasteiger partial charge in [0.15, 0.2) is 0 Å². The van der Waals surface area contributed by atoms with Crippen LogP contribution < -0.4 is 0 Å². The summed E-state index contributed by atoms with van der Waals surface area (Å²) in [6.45, 7) is 0. The summed E-state index contributed by atoms with van der Waals surface area (Å²) in [7, 11) is 0. The van der Waals surface area contributed by atoms with E-state index < -0.39 is 5.60 Å².